The van der Waals surface area contributed by atoms with Crippen LogP contribution in [0.2, 0.25) is 0 Å². The third kappa shape index (κ3) is 6.03. The van der Waals surface area contributed by atoms with E-state index < -0.39 is 5.54 Å². The molecule has 0 saturated carbocycles. The molecule has 0 aromatic heterocycles. The standard InChI is InChI=1S/C14H21FN2O.ClH/c1-3-8-14(2,16)13(18)17-9-7-11-5-4-6-12(15)10-11;/h4-6,10H,3,7-9,16H2,1-2H3,(H,17,18);1H. The molecule has 19 heavy (non-hydrogen) atoms. The third-order valence-corrected chi connectivity index (χ3v) is 2.88. The number of amides is 1. The van der Waals surface area contributed by atoms with Crippen LogP contribution in [0.25, 0.3) is 0 Å². The molecule has 0 fully saturated rings. The first-order chi connectivity index (χ1) is 8.45. The van der Waals surface area contributed by atoms with Gasteiger partial charge in [-0.2, -0.15) is 0 Å². The zero-order valence-corrected chi connectivity index (χ0v) is 12.2. The molecule has 0 aliphatic carbocycles. The van der Waals surface area contributed by atoms with Crippen molar-refractivity contribution in [3.05, 3.63) is 35.6 Å². The van der Waals surface area contributed by atoms with E-state index in [1.807, 2.05) is 13.0 Å². The number of nitrogens with two attached hydrogens (primary N) is 1. The highest BCUT2D eigenvalue weighted by atomic mass is 35.5. The summed E-state index contributed by atoms with van der Waals surface area (Å²) < 4.78 is 12.9. The van der Waals surface area contributed by atoms with E-state index in [4.69, 9.17) is 5.73 Å². The highest BCUT2D eigenvalue weighted by Gasteiger charge is 2.26. The van der Waals surface area contributed by atoms with Crippen LogP contribution in [0.5, 0.6) is 0 Å². The minimum Gasteiger partial charge on any atom is -0.354 e. The topological polar surface area (TPSA) is 55.1 Å². The predicted octanol–water partition coefficient (Wildman–Crippen LogP) is 2.42. The summed E-state index contributed by atoms with van der Waals surface area (Å²) in [6, 6.07) is 6.37. The molecule has 3 N–H and O–H groups in total. The zero-order chi connectivity index (χ0) is 13.6. The van der Waals surface area contributed by atoms with Crippen molar-refractivity contribution in [2.75, 3.05) is 6.54 Å². The van der Waals surface area contributed by atoms with E-state index in [1.54, 1.807) is 13.0 Å². The van der Waals surface area contributed by atoms with Gasteiger partial charge >= 0.3 is 0 Å². The van der Waals surface area contributed by atoms with Crippen LogP contribution in [0.15, 0.2) is 24.3 Å². The SMILES string of the molecule is CCCC(C)(N)C(=O)NCCc1cccc(F)c1.Cl. The molecule has 0 aliphatic rings. The molecule has 0 bridgehead atoms. The summed E-state index contributed by atoms with van der Waals surface area (Å²) in [6.07, 6.45) is 2.12. The first-order valence-corrected chi connectivity index (χ1v) is 6.27. The molecule has 5 heteroatoms. The smallest absolute Gasteiger partial charge is 0.239 e. The van der Waals surface area contributed by atoms with Crippen molar-refractivity contribution in [2.45, 2.75) is 38.6 Å². The normalized spacial score (nSPS) is 13.3. The van der Waals surface area contributed by atoms with Crippen LogP contribution in [-0.2, 0) is 11.2 Å². The van der Waals surface area contributed by atoms with Gasteiger partial charge in [0.05, 0.1) is 5.54 Å². The number of hydrogen-bond donors (Lipinski definition) is 2. The van der Waals surface area contributed by atoms with Gasteiger partial charge < -0.3 is 11.1 Å². The van der Waals surface area contributed by atoms with Crippen LogP contribution < -0.4 is 11.1 Å². The van der Waals surface area contributed by atoms with Gasteiger partial charge in [-0.1, -0.05) is 25.5 Å². The monoisotopic (exact) mass is 288 g/mol. The van der Waals surface area contributed by atoms with Gasteiger partial charge in [0, 0.05) is 6.54 Å². The van der Waals surface area contributed by atoms with E-state index in [2.05, 4.69) is 5.32 Å². The number of halogens is 2. The van der Waals surface area contributed by atoms with Crippen LogP contribution >= 0.6 is 12.4 Å². The van der Waals surface area contributed by atoms with Crippen LogP contribution in [0.3, 0.4) is 0 Å². The molecule has 1 unspecified atom stereocenters. The summed E-state index contributed by atoms with van der Waals surface area (Å²) in [5, 5.41) is 2.79. The molecule has 1 amide bonds. The fourth-order valence-electron chi connectivity index (χ4n) is 1.85. The van der Waals surface area contributed by atoms with Crippen molar-refractivity contribution in [3.8, 4) is 0 Å². The van der Waals surface area contributed by atoms with Gasteiger partial charge in [0.2, 0.25) is 5.91 Å². The highest BCUT2D eigenvalue weighted by molar-refractivity contribution is 5.85. The molecule has 108 valence electrons. The van der Waals surface area contributed by atoms with Crippen LogP contribution in [0.1, 0.15) is 32.3 Å². The minimum absolute atomic E-state index is 0. The lowest BCUT2D eigenvalue weighted by Crippen LogP contribution is -2.51. The van der Waals surface area contributed by atoms with Crippen LogP contribution in [0, 0.1) is 5.82 Å². The van der Waals surface area contributed by atoms with Gasteiger partial charge in [0.15, 0.2) is 0 Å². The second kappa shape index (κ2) is 8.12. The fraction of sp³-hybridized carbons (Fsp3) is 0.500. The Morgan fingerprint density at radius 3 is 2.74 bits per heavy atom. The van der Waals surface area contributed by atoms with Gasteiger partial charge in [0.1, 0.15) is 5.82 Å². The Balaban J connectivity index is 0.00000324. The number of hydrogen-bond acceptors (Lipinski definition) is 2. The summed E-state index contributed by atoms with van der Waals surface area (Å²) >= 11 is 0. The zero-order valence-electron chi connectivity index (χ0n) is 11.4. The van der Waals surface area contributed by atoms with Crippen molar-refractivity contribution >= 4 is 18.3 Å². The highest BCUT2D eigenvalue weighted by Crippen LogP contribution is 2.08. The third-order valence-electron chi connectivity index (χ3n) is 2.88. The number of nitrogens with one attached hydrogen (secondary N) is 1. The Morgan fingerprint density at radius 2 is 2.16 bits per heavy atom. The Morgan fingerprint density at radius 1 is 1.47 bits per heavy atom. The molecular formula is C14H22ClFN2O. The van der Waals surface area contributed by atoms with Gasteiger partial charge in [0.25, 0.3) is 0 Å². The van der Waals surface area contributed by atoms with Crippen molar-refractivity contribution in [1.29, 1.82) is 0 Å². The van der Waals surface area contributed by atoms with E-state index >= 15 is 0 Å². The predicted molar refractivity (Wildman–Crippen MR) is 77.9 cm³/mol. The van der Waals surface area contributed by atoms with Gasteiger partial charge in [-0.3, -0.25) is 4.79 Å². The van der Waals surface area contributed by atoms with Crippen molar-refractivity contribution in [1.82, 2.24) is 5.32 Å². The maximum Gasteiger partial charge on any atom is 0.239 e. The largest absolute Gasteiger partial charge is 0.354 e. The average molecular weight is 289 g/mol. The average Bonchev–Trinajstić information content (AvgIpc) is 2.28. The first kappa shape index (κ1) is 17.9. The molecule has 1 rings (SSSR count). The molecule has 0 radical (unpaired) electrons. The maximum absolute atomic E-state index is 12.9. The number of carbonyl (C=O) groups excluding carboxylic acids is 1. The first-order valence-electron chi connectivity index (χ1n) is 6.27. The van der Waals surface area contributed by atoms with E-state index in [-0.39, 0.29) is 24.1 Å². The molecule has 0 spiro atoms. The lowest BCUT2D eigenvalue weighted by Gasteiger charge is -2.22. The molecule has 0 aliphatic heterocycles. The summed E-state index contributed by atoms with van der Waals surface area (Å²) in [7, 11) is 0. The number of benzene rings is 1. The van der Waals surface area contributed by atoms with Crippen molar-refractivity contribution < 1.29 is 9.18 Å². The van der Waals surface area contributed by atoms with E-state index in [1.165, 1.54) is 12.1 Å². The van der Waals surface area contributed by atoms with Gasteiger partial charge in [-0.15, -0.1) is 12.4 Å². The summed E-state index contributed by atoms with van der Waals surface area (Å²) in [5.74, 6) is -0.408. The summed E-state index contributed by atoms with van der Waals surface area (Å²) in [5.41, 5.74) is 5.94. The summed E-state index contributed by atoms with van der Waals surface area (Å²) in [4.78, 5) is 11.8. The summed E-state index contributed by atoms with van der Waals surface area (Å²) in [6.45, 7) is 4.19. The molecule has 0 saturated heterocycles. The minimum atomic E-state index is -0.823. The second-order valence-corrected chi connectivity index (χ2v) is 4.80. The number of rotatable bonds is 6. The van der Waals surface area contributed by atoms with E-state index in [9.17, 15) is 9.18 Å². The molecule has 0 heterocycles. The Labute approximate surface area is 120 Å². The van der Waals surface area contributed by atoms with Crippen LogP contribution in [-0.4, -0.2) is 18.0 Å². The van der Waals surface area contributed by atoms with Crippen LogP contribution in [0.4, 0.5) is 4.39 Å². The quantitative estimate of drug-likeness (QED) is 0.845. The fourth-order valence-corrected chi connectivity index (χ4v) is 1.85. The lowest BCUT2D eigenvalue weighted by molar-refractivity contribution is -0.126. The second-order valence-electron chi connectivity index (χ2n) is 4.80. The lowest BCUT2D eigenvalue weighted by atomic mass is 9.96. The Kier molecular flexibility index (Phi) is 7.64. The maximum atomic E-state index is 12.9. The van der Waals surface area contributed by atoms with Crippen molar-refractivity contribution in [3.63, 3.8) is 0 Å². The molecule has 1 atom stereocenters. The van der Waals surface area contributed by atoms with Gasteiger partial charge in [-0.05, 0) is 37.5 Å². The molecule has 1 aromatic rings. The molecule has 3 nitrogen and oxygen atoms in total. The number of carbonyl (C=O) groups is 1. The van der Waals surface area contributed by atoms with Crippen molar-refractivity contribution in [2.24, 2.45) is 5.73 Å². The Hall–Kier alpha value is -1.13. The van der Waals surface area contributed by atoms with E-state index in [0.717, 1.165) is 12.0 Å². The van der Waals surface area contributed by atoms with E-state index in [0.29, 0.717) is 19.4 Å². The molecular weight excluding hydrogens is 267 g/mol. The van der Waals surface area contributed by atoms with Gasteiger partial charge in [-0.25, -0.2) is 4.39 Å². The molecule has 1 aromatic carbocycles. The Bertz CT molecular complexity index is 410.